The number of ether oxygens (including phenoxy) is 1. The van der Waals surface area contributed by atoms with Crippen LogP contribution in [0.4, 0.5) is 0 Å². The first-order valence-corrected chi connectivity index (χ1v) is 14.7. The van der Waals surface area contributed by atoms with Crippen LogP contribution >= 0.6 is 0 Å². The highest BCUT2D eigenvalue weighted by Gasteiger charge is 2.34. The van der Waals surface area contributed by atoms with Gasteiger partial charge in [-0.15, -0.1) is 0 Å². The summed E-state index contributed by atoms with van der Waals surface area (Å²) in [4.78, 5) is 43.5. The van der Waals surface area contributed by atoms with Crippen LogP contribution in [0.25, 0.3) is 16.8 Å². The number of carbonyl (C=O) groups is 3. The molecular formula is C27H35N5O6S. The Labute approximate surface area is 228 Å². The van der Waals surface area contributed by atoms with Gasteiger partial charge in [0.2, 0.25) is 15.9 Å². The molecule has 0 radical (unpaired) electrons. The number of carbonyl (C=O) groups excluding carboxylic acids is 3. The normalized spacial score (nSPS) is 26.9. The molecule has 2 aliphatic rings. The van der Waals surface area contributed by atoms with E-state index in [0.717, 1.165) is 16.3 Å². The Balaban J connectivity index is 1.68. The zero-order valence-corrected chi connectivity index (χ0v) is 23.3. The fraction of sp³-hybridized carbons (Fsp3) is 0.481. The van der Waals surface area contributed by atoms with Gasteiger partial charge in [-0.3, -0.25) is 24.4 Å². The van der Waals surface area contributed by atoms with Crippen LogP contribution in [0.3, 0.4) is 0 Å². The fourth-order valence-corrected chi connectivity index (χ4v) is 5.80. The van der Waals surface area contributed by atoms with E-state index >= 15 is 0 Å². The van der Waals surface area contributed by atoms with Crippen LogP contribution in [0.5, 0.6) is 0 Å². The van der Waals surface area contributed by atoms with E-state index in [1.54, 1.807) is 33.0 Å². The third-order valence-electron chi connectivity index (χ3n) is 6.86. The molecule has 210 valence electrons. The van der Waals surface area contributed by atoms with Crippen LogP contribution < -0.4 is 15.5 Å². The second-order valence-electron chi connectivity index (χ2n) is 10.4. The van der Waals surface area contributed by atoms with Crippen molar-refractivity contribution in [3.05, 3.63) is 47.8 Å². The highest BCUT2D eigenvalue weighted by atomic mass is 32.2. The van der Waals surface area contributed by atoms with E-state index in [2.05, 4.69) is 20.4 Å². The number of amides is 2. The van der Waals surface area contributed by atoms with Gasteiger partial charge in [-0.1, -0.05) is 32.1 Å². The number of rotatable bonds is 1. The Bertz CT molecular complexity index is 1390. The number of cyclic esters (lactones) is 1. The van der Waals surface area contributed by atoms with E-state index in [0.29, 0.717) is 25.1 Å². The van der Waals surface area contributed by atoms with Crippen LogP contribution in [-0.4, -0.2) is 66.6 Å². The van der Waals surface area contributed by atoms with Crippen molar-refractivity contribution in [1.29, 1.82) is 0 Å². The first-order chi connectivity index (χ1) is 18.4. The van der Waals surface area contributed by atoms with Gasteiger partial charge in [-0.05, 0) is 61.8 Å². The van der Waals surface area contributed by atoms with Gasteiger partial charge in [0.15, 0.2) is 0 Å². The summed E-state index contributed by atoms with van der Waals surface area (Å²) in [6.07, 6.45) is 5.28. The van der Waals surface area contributed by atoms with Gasteiger partial charge in [0.1, 0.15) is 24.2 Å². The van der Waals surface area contributed by atoms with E-state index in [1.807, 2.05) is 24.3 Å². The van der Waals surface area contributed by atoms with Gasteiger partial charge in [-0.2, -0.15) is 0 Å². The second-order valence-corrected chi connectivity index (χ2v) is 12.2. The first kappa shape index (κ1) is 28.7. The lowest BCUT2D eigenvalue weighted by Gasteiger charge is -2.35. The molecule has 1 fully saturated rings. The van der Waals surface area contributed by atoms with E-state index in [4.69, 9.17) is 4.74 Å². The Hall–Kier alpha value is -3.35. The maximum absolute atomic E-state index is 13.1. The van der Waals surface area contributed by atoms with Gasteiger partial charge < -0.3 is 10.1 Å². The lowest BCUT2D eigenvalue weighted by Crippen LogP contribution is -2.61. The topological polar surface area (TPSA) is 147 Å². The highest BCUT2D eigenvalue weighted by Crippen LogP contribution is 2.24. The summed E-state index contributed by atoms with van der Waals surface area (Å²) >= 11 is 0. The lowest BCUT2D eigenvalue weighted by molar-refractivity contribution is -0.157. The average molecular weight is 558 g/mol. The highest BCUT2D eigenvalue weighted by molar-refractivity contribution is 7.89. The zero-order valence-electron chi connectivity index (χ0n) is 22.5. The SMILES string of the molecule is CC(C)[C@@H]1NS(=O)(=O)CC=Cc2cc3cc(ccc3cn2)[C@@H](C)OC(=O)[C@@H]2CCCN(N2)C(=O)[C@H](C)NC1=O. The lowest BCUT2D eigenvalue weighted by atomic mass is 10.0. The van der Waals surface area contributed by atoms with Crippen LogP contribution in [0.15, 0.2) is 36.5 Å². The molecule has 1 aromatic heterocycles. The molecule has 0 saturated carbocycles. The summed E-state index contributed by atoms with van der Waals surface area (Å²) < 4.78 is 33.8. The standard InChI is InChI=1S/C27H35N5O6S/c1-16(2)24-25(33)29-17(3)26(34)32-11-5-8-23(30-32)27(35)38-18(4)19-9-10-20-15-28-22(14-21(20)13-19)7-6-12-39(36,37)31-24/h6-7,9-10,13-18,23-24,30-31H,5,8,11-12H2,1-4H3,(H,29,33)/t17-,18+,23-,24-/m0/s1. The first-order valence-electron chi connectivity index (χ1n) is 13.1. The number of sulfonamides is 1. The maximum atomic E-state index is 13.1. The molecule has 2 amide bonds. The fourth-order valence-electron chi connectivity index (χ4n) is 4.59. The van der Waals surface area contributed by atoms with E-state index in [9.17, 15) is 22.8 Å². The van der Waals surface area contributed by atoms with E-state index in [1.165, 1.54) is 18.0 Å². The minimum atomic E-state index is -3.87. The monoisotopic (exact) mass is 557 g/mol. The number of aromatic nitrogens is 1. The molecule has 0 spiro atoms. The summed E-state index contributed by atoms with van der Waals surface area (Å²) in [7, 11) is -3.87. The van der Waals surface area contributed by atoms with Crippen LogP contribution in [0, 0.1) is 5.92 Å². The molecule has 1 saturated heterocycles. The number of pyridine rings is 1. The number of hydrogen-bond acceptors (Lipinski definition) is 8. The van der Waals surface area contributed by atoms with Gasteiger partial charge in [-0.25, -0.2) is 18.6 Å². The number of fused-ring (bicyclic) bond motifs is 4. The number of benzene rings is 1. The predicted molar refractivity (Wildman–Crippen MR) is 146 cm³/mol. The smallest absolute Gasteiger partial charge is 0.325 e. The number of esters is 1. The van der Waals surface area contributed by atoms with Gasteiger partial charge in [0.25, 0.3) is 5.91 Å². The minimum absolute atomic E-state index is 0.353. The molecule has 2 aliphatic heterocycles. The van der Waals surface area contributed by atoms with Crippen LogP contribution in [0.1, 0.15) is 57.9 Å². The molecule has 0 aliphatic carbocycles. The maximum Gasteiger partial charge on any atom is 0.325 e. The quantitative estimate of drug-likeness (QED) is 0.450. The third-order valence-corrected chi connectivity index (χ3v) is 8.10. The molecule has 11 nitrogen and oxygen atoms in total. The average Bonchev–Trinajstić information content (AvgIpc) is 2.90. The van der Waals surface area contributed by atoms with Crippen molar-refractivity contribution in [2.75, 3.05) is 12.3 Å². The molecule has 4 rings (SSSR count). The van der Waals surface area contributed by atoms with Crippen LogP contribution in [-0.2, 0) is 29.1 Å². The molecule has 2 aromatic rings. The van der Waals surface area contributed by atoms with Gasteiger partial charge >= 0.3 is 5.97 Å². The summed E-state index contributed by atoms with van der Waals surface area (Å²) in [5.74, 6) is -2.26. The molecule has 0 unspecified atom stereocenters. The van der Waals surface area contributed by atoms with E-state index in [-0.39, 0.29) is 11.7 Å². The number of hydrazine groups is 1. The van der Waals surface area contributed by atoms with Crippen molar-refractivity contribution in [2.24, 2.45) is 5.92 Å². The summed E-state index contributed by atoms with van der Waals surface area (Å²) in [5, 5.41) is 5.67. The number of hydrogen-bond donors (Lipinski definition) is 3. The molecule has 3 heterocycles. The zero-order chi connectivity index (χ0) is 28.3. The van der Waals surface area contributed by atoms with Crippen molar-refractivity contribution in [2.45, 2.75) is 64.8 Å². The van der Waals surface area contributed by atoms with Crippen molar-refractivity contribution in [3.8, 4) is 0 Å². The molecular weight excluding hydrogens is 522 g/mol. The Morgan fingerprint density at radius 1 is 1.10 bits per heavy atom. The molecule has 5 bridgehead atoms. The predicted octanol–water partition coefficient (Wildman–Crippen LogP) is 1.81. The van der Waals surface area contributed by atoms with Crippen LogP contribution in [0.2, 0.25) is 0 Å². The van der Waals surface area contributed by atoms with Crippen molar-refractivity contribution < 1.29 is 27.5 Å². The number of nitrogens with zero attached hydrogens (tertiary/aromatic N) is 2. The third kappa shape index (κ3) is 7.00. The molecule has 39 heavy (non-hydrogen) atoms. The number of nitrogens with one attached hydrogen (secondary N) is 3. The van der Waals surface area contributed by atoms with Gasteiger partial charge in [0.05, 0.1) is 11.4 Å². The largest absolute Gasteiger partial charge is 0.457 e. The summed E-state index contributed by atoms with van der Waals surface area (Å²) in [6, 6.07) is 4.72. The molecule has 1 aromatic carbocycles. The van der Waals surface area contributed by atoms with E-state index < -0.39 is 52.0 Å². The van der Waals surface area contributed by atoms with Crippen molar-refractivity contribution in [3.63, 3.8) is 0 Å². The van der Waals surface area contributed by atoms with Crippen molar-refractivity contribution in [1.82, 2.24) is 25.5 Å². The molecule has 12 heteroatoms. The van der Waals surface area contributed by atoms with Gasteiger partial charge in [0, 0.05) is 18.1 Å². The Morgan fingerprint density at radius 3 is 2.62 bits per heavy atom. The second kappa shape index (κ2) is 11.8. The van der Waals surface area contributed by atoms with Crippen molar-refractivity contribution >= 4 is 44.7 Å². The molecule has 3 N–H and O–H groups in total. The summed E-state index contributed by atoms with van der Waals surface area (Å²) in [6.45, 7) is 7.09. The minimum Gasteiger partial charge on any atom is -0.457 e. The molecule has 4 atom stereocenters. The Morgan fingerprint density at radius 2 is 1.87 bits per heavy atom. The Kier molecular flexibility index (Phi) is 8.67. The summed E-state index contributed by atoms with van der Waals surface area (Å²) in [5.41, 5.74) is 4.28.